The van der Waals surface area contributed by atoms with Gasteiger partial charge in [0.25, 0.3) is 5.91 Å². The van der Waals surface area contributed by atoms with Gasteiger partial charge in [-0.25, -0.2) is 0 Å². The van der Waals surface area contributed by atoms with Crippen LogP contribution in [0.1, 0.15) is 28.4 Å². The Labute approximate surface area is 187 Å². The summed E-state index contributed by atoms with van der Waals surface area (Å²) in [5, 5.41) is 5.64. The maximum Gasteiger partial charge on any atom is 0.255 e. The van der Waals surface area contributed by atoms with Crippen LogP contribution in [0.25, 0.3) is 0 Å². The second kappa shape index (κ2) is 10.2. The molecular formula is C25H26N2O3S. The second-order valence-corrected chi connectivity index (χ2v) is 8.64. The molecule has 0 aliphatic rings. The summed E-state index contributed by atoms with van der Waals surface area (Å²) in [4.78, 5) is 26.1. The first-order valence-electron chi connectivity index (χ1n) is 9.96. The zero-order chi connectivity index (χ0) is 22.4. The highest BCUT2D eigenvalue weighted by Gasteiger charge is 2.17. The Morgan fingerprint density at radius 2 is 1.55 bits per heavy atom. The van der Waals surface area contributed by atoms with E-state index >= 15 is 0 Å². The summed E-state index contributed by atoms with van der Waals surface area (Å²) in [5.41, 5.74) is 4.15. The van der Waals surface area contributed by atoms with Crippen LogP contribution in [-0.2, 0) is 4.79 Å². The summed E-state index contributed by atoms with van der Waals surface area (Å²) in [5.74, 6) is 0.434. The number of anilines is 2. The number of methoxy groups -OCH3 is 1. The number of benzene rings is 3. The van der Waals surface area contributed by atoms with Crippen molar-refractivity contribution >= 4 is 35.0 Å². The van der Waals surface area contributed by atoms with Crippen LogP contribution in [0, 0.1) is 13.8 Å². The molecule has 5 nitrogen and oxygen atoms in total. The van der Waals surface area contributed by atoms with Crippen LogP contribution in [0.2, 0.25) is 0 Å². The Morgan fingerprint density at radius 3 is 2.19 bits per heavy atom. The van der Waals surface area contributed by atoms with Gasteiger partial charge in [-0.2, -0.15) is 0 Å². The molecule has 0 bridgehead atoms. The van der Waals surface area contributed by atoms with Crippen LogP contribution in [-0.4, -0.2) is 24.2 Å². The highest BCUT2D eigenvalue weighted by atomic mass is 32.2. The first-order valence-corrected chi connectivity index (χ1v) is 10.8. The predicted octanol–water partition coefficient (Wildman–Crippen LogP) is 5.68. The number of para-hydroxylation sites is 1. The lowest BCUT2D eigenvalue weighted by Crippen LogP contribution is -2.23. The number of rotatable bonds is 7. The lowest BCUT2D eigenvalue weighted by atomic mass is 10.1. The Balaban J connectivity index is 1.64. The molecule has 3 rings (SSSR count). The molecule has 3 aromatic carbocycles. The smallest absolute Gasteiger partial charge is 0.255 e. The van der Waals surface area contributed by atoms with Gasteiger partial charge in [0, 0.05) is 21.8 Å². The number of amides is 2. The fourth-order valence-electron chi connectivity index (χ4n) is 3.09. The number of aryl methyl sites for hydroxylation is 2. The SMILES string of the molecule is COc1ccc(C(=O)Nc2cccc(SC(C)C(=O)Nc3c(C)cccc3C)c2)cc1. The lowest BCUT2D eigenvalue weighted by Gasteiger charge is -2.16. The normalized spacial score (nSPS) is 11.5. The minimum atomic E-state index is -0.299. The topological polar surface area (TPSA) is 67.4 Å². The number of carbonyl (C=O) groups excluding carboxylic acids is 2. The van der Waals surface area contributed by atoms with E-state index in [0.717, 1.165) is 21.7 Å². The Morgan fingerprint density at radius 1 is 0.903 bits per heavy atom. The summed E-state index contributed by atoms with van der Waals surface area (Å²) in [6.07, 6.45) is 0. The van der Waals surface area contributed by atoms with E-state index in [1.54, 1.807) is 31.4 Å². The van der Waals surface area contributed by atoms with Crippen molar-refractivity contribution in [3.8, 4) is 5.75 Å². The zero-order valence-electron chi connectivity index (χ0n) is 18.1. The molecule has 0 heterocycles. The Bertz CT molecular complexity index is 1060. The first kappa shape index (κ1) is 22.4. The fraction of sp³-hybridized carbons (Fsp3) is 0.200. The molecule has 0 fully saturated rings. The van der Waals surface area contributed by atoms with E-state index in [9.17, 15) is 9.59 Å². The van der Waals surface area contributed by atoms with Crippen LogP contribution >= 0.6 is 11.8 Å². The number of thioether (sulfide) groups is 1. The molecule has 1 atom stereocenters. The molecule has 0 saturated heterocycles. The van der Waals surface area contributed by atoms with Crippen molar-refractivity contribution in [1.29, 1.82) is 0 Å². The molecule has 2 N–H and O–H groups in total. The van der Waals surface area contributed by atoms with Crippen molar-refractivity contribution in [2.24, 2.45) is 0 Å². The highest BCUT2D eigenvalue weighted by Crippen LogP contribution is 2.28. The fourth-order valence-corrected chi connectivity index (χ4v) is 4.01. The monoisotopic (exact) mass is 434 g/mol. The van der Waals surface area contributed by atoms with Gasteiger partial charge in [-0.05, 0) is 74.4 Å². The van der Waals surface area contributed by atoms with Crippen LogP contribution in [0.4, 0.5) is 11.4 Å². The van der Waals surface area contributed by atoms with Gasteiger partial charge < -0.3 is 15.4 Å². The summed E-state index contributed by atoms with van der Waals surface area (Å²) >= 11 is 1.44. The van der Waals surface area contributed by atoms with Crippen LogP contribution in [0.3, 0.4) is 0 Å². The van der Waals surface area contributed by atoms with Gasteiger partial charge in [-0.15, -0.1) is 11.8 Å². The summed E-state index contributed by atoms with van der Waals surface area (Å²) in [7, 11) is 1.58. The Kier molecular flexibility index (Phi) is 7.36. The van der Waals surface area contributed by atoms with E-state index in [4.69, 9.17) is 4.74 Å². The molecule has 0 spiro atoms. The van der Waals surface area contributed by atoms with Crippen molar-refractivity contribution in [1.82, 2.24) is 0 Å². The summed E-state index contributed by atoms with van der Waals surface area (Å²) < 4.78 is 5.12. The third-order valence-electron chi connectivity index (χ3n) is 4.86. The molecular weight excluding hydrogens is 408 g/mol. The molecule has 6 heteroatoms. The molecule has 0 aromatic heterocycles. The maximum absolute atomic E-state index is 12.7. The number of nitrogens with one attached hydrogen (secondary N) is 2. The minimum Gasteiger partial charge on any atom is -0.497 e. The summed E-state index contributed by atoms with van der Waals surface area (Å²) in [6.45, 7) is 5.83. The zero-order valence-corrected chi connectivity index (χ0v) is 18.9. The Hall–Kier alpha value is -3.25. The highest BCUT2D eigenvalue weighted by molar-refractivity contribution is 8.00. The van der Waals surface area contributed by atoms with Crippen molar-refractivity contribution < 1.29 is 14.3 Å². The van der Waals surface area contributed by atoms with Crippen LogP contribution in [0.5, 0.6) is 5.75 Å². The number of ether oxygens (including phenoxy) is 1. The lowest BCUT2D eigenvalue weighted by molar-refractivity contribution is -0.115. The van der Waals surface area contributed by atoms with Crippen molar-refractivity contribution in [3.05, 3.63) is 83.4 Å². The quantitative estimate of drug-likeness (QED) is 0.469. The number of carbonyl (C=O) groups is 2. The van der Waals surface area contributed by atoms with Gasteiger partial charge >= 0.3 is 0 Å². The molecule has 31 heavy (non-hydrogen) atoms. The molecule has 0 aliphatic heterocycles. The molecule has 0 aliphatic carbocycles. The van der Waals surface area contributed by atoms with Crippen molar-refractivity contribution in [3.63, 3.8) is 0 Å². The summed E-state index contributed by atoms with van der Waals surface area (Å²) in [6, 6.07) is 20.4. The average molecular weight is 435 g/mol. The van der Waals surface area contributed by atoms with E-state index in [1.807, 2.05) is 63.2 Å². The van der Waals surface area contributed by atoms with Crippen LogP contribution in [0.15, 0.2) is 71.6 Å². The second-order valence-electron chi connectivity index (χ2n) is 7.23. The number of hydrogen-bond acceptors (Lipinski definition) is 4. The molecule has 0 saturated carbocycles. The number of hydrogen-bond donors (Lipinski definition) is 2. The molecule has 2 amide bonds. The minimum absolute atomic E-state index is 0.0601. The van der Waals surface area contributed by atoms with Crippen molar-refractivity contribution in [2.75, 3.05) is 17.7 Å². The van der Waals surface area contributed by atoms with Crippen LogP contribution < -0.4 is 15.4 Å². The van der Waals surface area contributed by atoms with Crippen molar-refractivity contribution in [2.45, 2.75) is 30.9 Å². The van der Waals surface area contributed by atoms with Gasteiger partial charge in [-0.1, -0.05) is 24.3 Å². The third-order valence-corrected chi connectivity index (χ3v) is 5.95. The molecule has 160 valence electrons. The van der Waals surface area contributed by atoms with E-state index in [-0.39, 0.29) is 17.1 Å². The van der Waals surface area contributed by atoms with Gasteiger partial charge in [0.1, 0.15) is 5.75 Å². The molecule has 0 radical (unpaired) electrons. The van der Waals surface area contributed by atoms with Gasteiger partial charge in [0.05, 0.1) is 12.4 Å². The largest absolute Gasteiger partial charge is 0.497 e. The first-order chi connectivity index (χ1) is 14.9. The average Bonchev–Trinajstić information content (AvgIpc) is 2.76. The van der Waals surface area contributed by atoms with Gasteiger partial charge in [0.2, 0.25) is 5.91 Å². The van der Waals surface area contributed by atoms with E-state index < -0.39 is 0 Å². The van der Waals surface area contributed by atoms with E-state index in [1.165, 1.54) is 11.8 Å². The van der Waals surface area contributed by atoms with Gasteiger partial charge in [0.15, 0.2) is 0 Å². The molecule has 1 unspecified atom stereocenters. The van der Waals surface area contributed by atoms with E-state index in [0.29, 0.717) is 17.0 Å². The van der Waals surface area contributed by atoms with E-state index in [2.05, 4.69) is 10.6 Å². The molecule has 3 aromatic rings. The maximum atomic E-state index is 12.7. The standard InChI is InChI=1S/C25H26N2O3S/c1-16-7-5-8-17(2)23(16)27-24(28)18(3)31-22-10-6-9-20(15-22)26-25(29)19-11-13-21(30-4)14-12-19/h5-15,18H,1-4H3,(H,26,29)(H,27,28). The van der Waals surface area contributed by atoms with Gasteiger partial charge in [-0.3, -0.25) is 9.59 Å². The third kappa shape index (κ3) is 5.89. The predicted molar refractivity (Wildman–Crippen MR) is 127 cm³/mol.